The highest BCUT2D eigenvalue weighted by Crippen LogP contribution is 2.19. The second-order valence-corrected chi connectivity index (χ2v) is 6.72. The van der Waals surface area contributed by atoms with E-state index in [2.05, 4.69) is 20.7 Å². The molecule has 4 nitrogen and oxygen atoms in total. The average Bonchev–Trinajstić information content (AvgIpc) is 2.15. The smallest absolute Gasteiger partial charge is 0.240 e. The van der Waals surface area contributed by atoms with Gasteiger partial charge in [0.1, 0.15) is 0 Å². The minimum absolute atomic E-state index is 0.0104. The molecule has 0 amide bonds. The summed E-state index contributed by atoms with van der Waals surface area (Å²) in [5.74, 6) is 0. The van der Waals surface area contributed by atoms with E-state index in [1.54, 1.807) is 25.1 Å². The van der Waals surface area contributed by atoms with Crippen LogP contribution in [0.3, 0.4) is 0 Å². The van der Waals surface area contributed by atoms with Gasteiger partial charge in [0.2, 0.25) is 10.0 Å². The minimum atomic E-state index is -3.43. The molecular weight excluding hydrogens is 304 g/mol. The van der Waals surface area contributed by atoms with Gasteiger partial charge in [0.15, 0.2) is 0 Å². The zero-order chi connectivity index (χ0) is 13.1. The molecule has 96 valence electrons. The molecule has 1 aromatic rings. The Labute approximate surface area is 111 Å². The van der Waals surface area contributed by atoms with Crippen LogP contribution in [-0.4, -0.2) is 21.0 Å². The number of rotatable bonds is 5. The van der Waals surface area contributed by atoms with Gasteiger partial charge in [-0.05, 0) is 44.0 Å². The Morgan fingerprint density at radius 3 is 2.65 bits per heavy atom. The van der Waals surface area contributed by atoms with E-state index < -0.39 is 10.0 Å². The first kappa shape index (κ1) is 14.6. The summed E-state index contributed by atoms with van der Waals surface area (Å²) >= 11 is 3.30. The molecule has 1 unspecified atom stereocenters. The largest absolute Gasteiger partial charge is 0.328 e. The second-order valence-electron chi connectivity index (χ2n) is 4.07. The summed E-state index contributed by atoms with van der Waals surface area (Å²) in [4.78, 5) is 0.311. The van der Waals surface area contributed by atoms with E-state index in [1.165, 1.54) is 0 Å². The van der Waals surface area contributed by atoms with Gasteiger partial charge in [-0.1, -0.05) is 15.9 Å². The third-order valence-corrected chi connectivity index (χ3v) is 4.43. The van der Waals surface area contributed by atoms with Crippen LogP contribution in [0.4, 0.5) is 0 Å². The van der Waals surface area contributed by atoms with Gasteiger partial charge < -0.3 is 5.73 Å². The van der Waals surface area contributed by atoms with Crippen molar-refractivity contribution in [3.05, 3.63) is 28.2 Å². The fourth-order valence-corrected chi connectivity index (χ4v) is 3.16. The number of nitrogens with one attached hydrogen (secondary N) is 1. The lowest BCUT2D eigenvalue weighted by Crippen LogP contribution is -2.29. The molecule has 0 aromatic heterocycles. The number of hydrogen-bond donors (Lipinski definition) is 2. The van der Waals surface area contributed by atoms with Crippen molar-refractivity contribution in [1.82, 2.24) is 4.72 Å². The van der Waals surface area contributed by atoms with Crippen LogP contribution in [0, 0.1) is 6.92 Å². The van der Waals surface area contributed by atoms with E-state index in [0.29, 0.717) is 23.4 Å². The maximum absolute atomic E-state index is 12.0. The highest BCUT2D eigenvalue weighted by molar-refractivity contribution is 9.10. The third kappa shape index (κ3) is 4.39. The maximum atomic E-state index is 12.0. The first-order chi connectivity index (χ1) is 7.83. The van der Waals surface area contributed by atoms with Gasteiger partial charge in [-0.3, -0.25) is 0 Å². The standard InChI is InChI=1S/C11H17BrN2O2S/c1-8-7-10(12)3-4-11(8)17(15,16)14-6-5-9(2)13/h3-4,7,9,14H,5-6,13H2,1-2H3. The van der Waals surface area contributed by atoms with Crippen LogP contribution in [-0.2, 0) is 10.0 Å². The fraction of sp³-hybridized carbons (Fsp3) is 0.455. The van der Waals surface area contributed by atoms with Gasteiger partial charge in [-0.15, -0.1) is 0 Å². The molecule has 17 heavy (non-hydrogen) atoms. The van der Waals surface area contributed by atoms with Gasteiger partial charge in [0.25, 0.3) is 0 Å². The first-order valence-corrected chi connectivity index (χ1v) is 7.62. The van der Waals surface area contributed by atoms with E-state index in [1.807, 2.05) is 6.92 Å². The Morgan fingerprint density at radius 2 is 2.12 bits per heavy atom. The summed E-state index contributed by atoms with van der Waals surface area (Å²) in [6.07, 6.45) is 0.620. The van der Waals surface area contributed by atoms with Gasteiger partial charge >= 0.3 is 0 Å². The Morgan fingerprint density at radius 1 is 1.47 bits per heavy atom. The molecule has 1 rings (SSSR count). The molecule has 0 bridgehead atoms. The van der Waals surface area contributed by atoms with E-state index in [9.17, 15) is 8.42 Å². The number of hydrogen-bond acceptors (Lipinski definition) is 3. The molecule has 0 saturated heterocycles. The lowest BCUT2D eigenvalue weighted by Gasteiger charge is -2.10. The van der Waals surface area contributed by atoms with Crippen LogP contribution in [0.25, 0.3) is 0 Å². The molecule has 0 aliphatic rings. The lowest BCUT2D eigenvalue weighted by atomic mass is 10.2. The predicted molar refractivity (Wildman–Crippen MR) is 72.3 cm³/mol. The zero-order valence-electron chi connectivity index (χ0n) is 9.90. The topological polar surface area (TPSA) is 72.2 Å². The van der Waals surface area contributed by atoms with Crippen molar-refractivity contribution in [2.24, 2.45) is 5.73 Å². The van der Waals surface area contributed by atoms with Gasteiger partial charge in [0.05, 0.1) is 4.90 Å². The van der Waals surface area contributed by atoms with Crippen LogP contribution in [0.5, 0.6) is 0 Å². The monoisotopic (exact) mass is 320 g/mol. The molecule has 1 atom stereocenters. The van der Waals surface area contributed by atoms with Crippen molar-refractivity contribution in [3.63, 3.8) is 0 Å². The SMILES string of the molecule is Cc1cc(Br)ccc1S(=O)(=O)NCCC(C)N. The molecule has 0 saturated carbocycles. The van der Waals surface area contributed by atoms with Crippen molar-refractivity contribution in [2.45, 2.75) is 31.2 Å². The molecule has 0 heterocycles. The number of halogens is 1. The van der Waals surface area contributed by atoms with Gasteiger partial charge in [0, 0.05) is 17.1 Å². The lowest BCUT2D eigenvalue weighted by molar-refractivity contribution is 0.571. The number of benzene rings is 1. The van der Waals surface area contributed by atoms with Crippen LogP contribution in [0.2, 0.25) is 0 Å². The van der Waals surface area contributed by atoms with E-state index in [4.69, 9.17) is 5.73 Å². The summed E-state index contributed by atoms with van der Waals surface area (Å²) in [5.41, 5.74) is 6.28. The zero-order valence-corrected chi connectivity index (χ0v) is 12.3. The molecule has 1 aromatic carbocycles. The summed E-state index contributed by atoms with van der Waals surface area (Å²) < 4.78 is 27.4. The maximum Gasteiger partial charge on any atom is 0.240 e. The quantitative estimate of drug-likeness (QED) is 0.868. The fourth-order valence-electron chi connectivity index (χ4n) is 1.41. The predicted octanol–water partition coefficient (Wildman–Crippen LogP) is 1.77. The van der Waals surface area contributed by atoms with Crippen LogP contribution >= 0.6 is 15.9 Å². The summed E-state index contributed by atoms with van der Waals surface area (Å²) in [6.45, 7) is 3.97. The Bertz CT molecular complexity index is 486. The van der Waals surface area contributed by atoms with Gasteiger partial charge in [-0.25, -0.2) is 13.1 Å². The Hall–Kier alpha value is -0.430. The normalized spacial score (nSPS) is 13.6. The average molecular weight is 321 g/mol. The summed E-state index contributed by atoms with van der Waals surface area (Å²) in [7, 11) is -3.43. The Kier molecular flexibility index (Phi) is 5.12. The number of aryl methyl sites for hydroxylation is 1. The van der Waals surface area contributed by atoms with Gasteiger partial charge in [-0.2, -0.15) is 0 Å². The highest BCUT2D eigenvalue weighted by atomic mass is 79.9. The van der Waals surface area contributed by atoms with Crippen molar-refractivity contribution in [2.75, 3.05) is 6.54 Å². The number of nitrogens with two attached hydrogens (primary N) is 1. The van der Waals surface area contributed by atoms with Crippen molar-refractivity contribution in [1.29, 1.82) is 0 Å². The first-order valence-electron chi connectivity index (χ1n) is 5.34. The molecular formula is C11H17BrN2O2S. The van der Waals surface area contributed by atoms with Crippen LogP contribution < -0.4 is 10.5 Å². The molecule has 6 heteroatoms. The molecule has 0 aliphatic heterocycles. The second kappa shape index (κ2) is 5.95. The minimum Gasteiger partial charge on any atom is -0.328 e. The highest BCUT2D eigenvalue weighted by Gasteiger charge is 2.16. The van der Waals surface area contributed by atoms with E-state index in [0.717, 1.165) is 4.47 Å². The molecule has 0 aliphatic carbocycles. The summed E-state index contributed by atoms with van der Waals surface area (Å²) in [5, 5.41) is 0. The van der Waals surface area contributed by atoms with E-state index in [-0.39, 0.29) is 6.04 Å². The molecule has 0 radical (unpaired) electrons. The molecule has 0 spiro atoms. The molecule has 3 N–H and O–H groups in total. The van der Waals surface area contributed by atoms with Crippen LogP contribution in [0.15, 0.2) is 27.6 Å². The molecule has 0 fully saturated rings. The third-order valence-electron chi connectivity index (χ3n) is 2.32. The van der Waals surface area contributed by atoms with Crippen molar-refractivity contribution < 1.29 is 8.42 Å². The van der Waals surface area contributed by atoms with Crippen LogP contribution in [0.1, 0.15) is 18.9 Å². The number of sulfonamides is 1. The van der Waals surface area contributed by atoms with Crippen molar-refractivity contribution >= 4 is 26.0 Å². The van der Waals surface area contributed by atoms with Crippen molar-refractivity contribution in [3.8, 4) is 0 Å². The van der Waals surface area contributed by atoms with E-state index >= 15 is 0 Å². The summed E-state index contributed by atoms with van der Waals surface area (Å²) in [6, 6.07) is 5.07. The Balaban J connectivity index is 2.83.